The molecule has 0 aromatic carbocycles. The van der Waals surface area contributed by atoms with E-state index in [1.54, 1.807) is 0 Å². The van der Waals surface area contributed by atoms with Gasteiger partial charge in [-0.2, -0.15) is 0 Å². The third-order valence-corrected chi connectivity index (χ3v) is 5.17. The lowest BCUT2D eigenvalue weighted by molar-refractivity contribution is -0.141. The largest absolute Gasteiger partial charge is 0.481 e. The number of carboxylic acid groups (broad SMARTS) is 2. The van der Waals surface area contributed by atoms with E-state index in [0.29, 0.717) is 0 Å². The van der Waals surface area contributed by atoms with Crippen molar-refractivity contribution in [3.63, 3.8) is 0 Å². The summed E-state index contributed by atoms with van der Waals surface area (Å²) in [5.74, 6) is -1.92. The fourth-order valence-corrected chi connectivity index (χ4v) is 3.44. The third-order valence-electron chi connectivity index (χ3n) is 5.17. The van der Waals surface area contributed by atoms with Gasteiger partial charge in [0.2, 0.25) is 0 Å². The normalized spacial score (nSPS) is 13.4. The maximum atomic E-state index is 11.2. The Balaban J connectivity index is 3.50. The lowest BCUT2D eigenvalue weighted by Gasteiger charge is -2.19. The fraction of sp³-hybridized carbons (Fsp3) is 0.909. The number of unbranched alkanes of at least 4 members (excludes halogenated alkanes) is 12. The number of rotatable bonds is 20. The van der Waals surface area contributed by atoms with Gasteiger partial charge >= 0.3 is 11.9 Å². The number of hydrogen-bond donors (Lipinski definition) is 3. The van der Waals surface area contributed by atoms with Crippen LogP contribution in [0, 0.1) is 0 Å². The molecule has 5 nitrogen and oxygen atoms in total. The van der Waals surface area contributed by atoms with Gasteiger partial charge in [0.05, 0.1) is 0 Å². The van der Waals surface area contributed by atoms with E-state index in [4.69, 9.17) is 10.2 Å². The Bertz CT molecular complexity index is 373. The van der Waals surface area contributed by atoms with Crippen LogP contribution in [-0.4, -0.2) is 34.2 Å². The zero-order chi connectivity index (χ0) is 20.3. The van der Waals surface area contributed by atoms with Crippen molar-refractivity contribution in [2.24, 2.45) is 0 Å². The number of hydrogen-bond acceptors (Lipinski definition) is 3. The van der Waals surface area contributed by atoms with Crippen LogP contribution in [0.2, 0.25) is 0 Å². The quantitative estimate of drug-likeness (QED) is 0.232. The molecule has 0 aromatic rings. The lowest BCUT2D eigenvalue weighted by atomic mass is 10.0. The summed E-state index contributed by atoms with van der Waals surface area (Å²) in [6, 6.07) is -0.661. The third kappa shape index (κ3) is 18.0. The highest BCUT2D eigenvalue weighted by Gasteiger charge is 2.20. The minimum atomic E-state index is -0.964. The van der Waals surface area contributed by atoms with Crippen LogP contribution in [0.25, 0.3) is 0 Å². The van der Waals surface area contributed by atoms with Crippen LogP contribution < -0.4 is 5.32 Å². The van der Waals surface area contributed by atoms with Crippen LogP contribution >= 0.6 is 0 Å². The minimum absolute atomic E-state index is 0.104. The topological polar surface area (TPSA) is 86.6 Å². The van der Waals surface area contributed by atoms with Crippen molar-refractivity contribution in [2.45, 2.75) is 129 Å². The van der Waals surface area contributed by atoms with Gasteiger partial charge in [0.15, 0.2) is 0 Å². The van der Waals surface area contributed by atoms with Crippen LogP contribution in [0.3, 0.4) is 0 Å². The van der Waals surface area contributed by atoms with Crippen molar-refractivity contribution in [1.82, 2.24) is 5.32 Å². The highest BCUT2D eigenvalue weighted by atomic mass is 16.4. The number of carboxylic acids is 2. The molecular weight excluding hydrogens is 342 g/mol. The van der Waals surface area contributed by atoms with Crippen LogP contribution in [-0.2, 0) is 9.59 Å². The predicted octanol–water partition coefficient (Wildman–Crippen LogP) is 5.76. The van der Waals surface area contributed by atoms with Gasteiger partial charge in [-0.15, -0.1) is 0 Å². The summed E-state index contributed by atoms with van der Waals surface area (Å²) < 4.78 is 0. The van der Waals surface area contributed by atoms with Crippen molar-refractivity contribution in [2.75, 3.05) is 0 Å². The molecule has 0 fully saturated rings. The van der Waals surface area contributed by atoms with Gasteiger partial charge in [0, 0.05) is 12.5 Å². The van der Waals surface area contributed by atoms with E-state index in [9.17, 15) is 9.59 Å². The van der Waals surface area contributed by atoms with Gasteiger partial charge in [0.25, 0.3) is 0 Å². The average Bonchev–Trinajstić information content (AvgIpc) is 2.62. The summed E-state index contributed by atoms with van der Waals surface area (Å²) >= 11 is 0. The highest BCUT2D eigenvalue weighted by molar-refractivity contribution is 5.75. The summed E-state index contributed by atoms with van der Waals surface area (Å²) in [5, 5.41) is 20.9. The molecule has 0 spiro atoms. The van der Waals surface area contributed by atoms with Crippen LogP contribution in [0.15, 0.2) is 0 Å². The predicted molar refractivity (Wildman–Crippen MR) is 111 cm³/mol. The van der Waals surface area contributed by atoms with E-state index < -0.39 is 18.0 Å². The Morgan fingerprint density at radius 1 is 0.741 bits per heavy atom. The number of aliphatic carboxylic acids is 2. The zero-order valence-electron chi connectivity index (χ0n) is 17.7. The molecular formula is C22H43NO4. The lowest BCUT2D eigenvalue weighted by Crippen LogP contribution is -2.42. The molecule has 0 bridgehead atoms. The Morgan fingerprint density at radius 3 is 1.59 bits per heavy atom. The van der Waals surface area contributed by atoms with Gasteiger partial charge in [0.1, 0.15) is 6.04 Å². The highest BCUT2D eigenvalue weighted by Crippen LogP contribution is 2.13. The van der Waals surface area contributed by atoms with E-state index >= 15 is 0 Å². The van der Waals surface area contributed by atoms with Gasteiger partial charge in [-0.3, -0.25) is 9.59 Å². The van der Waals surface area contributed by atoms with Crippen molar-refractivity contribution >= 4 is 11.9 Å². The molecule has 0 aromatic heterocycles. The molecule has 0 aliphatic rings. The molecule has 0 radical (unpaired) electrons. The second-order valence-electron chi connectivity index (χ2n) is 7.92. The van der Waals surface area contributed by atoms with E-state index in [1.807, 2.05) is 6.92 Å². The summed E-state index contributed by atoms with van der Waals surface area (Å²) in [7, 11) is 0. The first-order valence-electron chi connectivity index (χ1n) is 11.2. The molecule has 0 saturated carbocycles. The van der Waals surface area contributed by atoms with Crippen molar-refractivity contribution in [1.29, 1.82) is 0 Å². The van der Waals surface area contributed by atoms with Gasteiger partial charge in [-0.1, -0.05) is 90.4 Å². The second kappa shape index (κ2) is 18.3. The molecule has 0 saturated heterocycles. The maximum Gasteiger partial charge on any atom is 0.320 e. The van der Waals surface area contributed by atoms with Gasteiger partial charge in [-0.25, -0.2) is 0 Å². The molecule has 5 heteroatoms. The van der Waals surface area contributed by atoms with Crippen molar-refractivity contribution in [3.8, 4) is 0 Å². The molecule has 2 atom stereocenters. The Morgan fingerprint density at radius 2 is 1.19 bits per heavy atom. The molecule has 0 rings (SSSR count). The first kappa shape index (κ1) is 25.9. The number of carbonyl (C=O) groups is 2. The number of nitrogens with one attached hydrogen (secondary N) is 1. The van der Waals surface area contributed by atoms with E-state index in [2.05, 4.69) is 12.2 Å². The smallest absolute Gasteiger partial charge is 0.320 e. The first-order chi connectivity index (χ1) is 13.0. The molecule has 160 valence electrons. The summed E-state index contributed by atoms with van der Waals surface area (Å²) in [6.45, 7) is 4.24. The van der Waals surface area contributed by atoms with Crippen molar-refractivity contribution < 1.29 is 19.8 Å². The molecule has 3 N–H and O–H groups in total. The molecule has 27 heavy (non-hydrogen) atoms. The zero-order valence-corrected chi connectivity index (χ0v) is 17.7. The van der Waals surface area contributed by atoms with Crippen LogP contribution in [0.4, 0.5) is 0 Å². The Hall–Kier alpha value is -1.10. The van der Waals surface area contributed by atoms with Gasteiger partial charge in [-0.05, 0) is 19.8 Å². The summed E-state index contributed by atoms with van der Waals surface area (Å²) in [5.41, 5.74) is 0. The van der Waals surface area contributed by atoms with E-state index in [0.717, 1.165) is 12.8 Å². The Kier molecular flexibility index (Phi) is 17.5. The SMILES string of the molecule is CCCCCCCCCCCCCCCC(C)N[C@@H](CCC(=O)O)C(=O)O. The minimum Gasteiger partial charge on any atom is -0.481 e. The van der Waals surface area contributed by atoms with E-state index in [1.165, 1.54) is 77.0 Å². The molecule has 1 unspecified atom stereocenters. The average molecular weight is 386 g/mol. The standard InChI is InChI=1S/C22H43NO4/c1-3-4-5-6-7-8-9-10-11-12-13-14-15-16-19(2)23-20(22(26)27)17-18-21(24)25/h19-20,23H,3-18H2,1-2H3,(H,24,25)(H,26,27)/t19?,20-/m0/s1. The fourth-order valence-electron chi connectivity index (χ4n) is 3.44. The van der Waals surface area contributed by atoms with Crippen LogP contribution in [0.5, 0.6) is 0 Å². The van der Waals surface area contributed by atoms with Crippen molar-refractivity contribution in [3.05, 3.63) is 0 Å². The van der Waals surface area contributed by atoms with Crippen LogP contribution in [0.1, 0.15) is 117 Å². The summed E-state index contributed by atoms with van der Waals surface area (Å²) in [6.07, 6.45) is 18.1. The second-order valence-corrected chi connectivity index (χ2v) is 7.92. The van der Waals surface area contributed by atoms with E-state index in [-0.39, 0.29) is 18.9 Å². The molecule has 0 heterocycles. The monoisotopic (exact) mass is 385 g/mol. The first-order valence-corrected chi connectivity index (χ1v) is 11.2. The molecule has 0 aliphatic heterocycles. The van der Waals surface area contributed by atoms with Gasteiger partial charge < -0.3 is 15.5 Å². The Labute approximate surface area is 166 Å². The maximum absolute atomic E-state index is 11.2. The molecule has 0 amide bonds. The summed E-state index contributed by atoms with van der Waals surface area (Å²) in [4.78, 5) is 21.8. The molecule has 0 aliphatic carbocycles.